The molecule has 7 nitrogen and oxygen atoms in total. The van der Waals surface area contributed by atoms with Crippen LogP contribution in [0.3, 0.4) is 0 Å². The van der Waals surface area contributed by atoms with Crippen molar-refractivity contribution in [2.75, 3.05) is 37.9 Å². The van der Waals surface area contributed by atoms with Crippen LogP contribution in [0, 0.1) is 11.3 Å². The molecule has 0 aromatic carbocycles. The first-order chi connectivity index (χ1) is 15.9. The van der Waals surface area contributed by atoms with Crippen molar-refractivity contribution in [3.05, 3.63) is 35.4 Å². The van der Waals surface area contributed by atoms with E-state index in [0.717, 1.165) is 42.8 Å². The Kier molecular flexibility index (Phi) is 7.52. The number of fused-ring (bicyclic) bond motifs is 3. The molecule has 0 bridgehead atoms. The van der Waals surface area contributed by atoms with E-state index in [1.165, 1.54) is 19.3 Å². The standard InChI is InChI=1S/C25H37N5O2Si/c1-5-29-11-7-6-8-20(29)17-32-23-9-10-27-25-24(23)21-14-19(15-26)28-16-22(21)30(25)18-31-12-13-33(2,3)4/h9-10,14,16,20,24-25H,5-8,11-13,17-18H2,1-4H3. The molecule has 0 aliphatic carbocycles. The van der Waals surface area contributed by atoms with Crippen LogP contribution in [0.15, 0.2) is 29.1 Å². The van der Waals surface area contributed by atoms with E-state index >= 15 is 0 Å². The van der Waals surface area contributed by atoms with Crippen LogP contribution in [0.2, 0.25) is 25.7 Å². The molecule has 4 heterocycles. The third kappa shape index (κ3) is 5.48. The quantitative estimate of drug-likeness (QED) is 0.397. The number of rotatable bonds is 9. The summed E-state index contributed by atoms with van der Waals surface area (Å²) >= 11 is 0. The molecule has 33 heavy (non-hydrogen) atoms. The molecule has 0 amide bonds. The molecular formula is C25H37N5O2Si. The minimum Gasteiger partial charge on any atom is -0.495 e. The monoisotopic (exact) mass is 467 g/mol. The smallest absolute Gasteiger partial charge is 0.140 e. The zero-order valence-corrected chi connectivity index (χ0v) is 21.5. The van der Waals surface area contributed by atoms with Gasteiger partial charge < -0.3 is 14.4 Å². The van der Waals surface area contributed by atoms with E-state index in [9.17, 15) is 5.26 Å². The number of dihydropyridines is 1. The summed E-state index contributed by atoms with van der Waals surface area (Å²) < 4.78 is 12.6. The van der Waals surface area contributed by atoms with E-state index in [1.54, 1.807) is 6.20 Å². The summed E-state index contributed by atoms with van der Waals surface area (Å²) in [6, 6.07) is 5.66. The van der Waals surface area contributed by atoms with Crippen LogP contribution in [-0.2, 0) is 9.47 Å². The molecule has 8 heteroatoms. The molecule has 3 unspecified atom stereocenters. The first kappa shape index (κ1) is 23.9. The number of likely N-dealkylation sites (tertiary alicyclic amines) is 1. The second-order valence-electron chi connectivity index (χ2n) is 10.4. The third-order valence-electron chi connectivity index (χ3n) is 6.90. The van der Waals surface area contributed by atoms with Crippen molar-refractivity contribution >= 4 is 20.0 Å². The number of hydrogen-bond donors (Lipinski definition) is 0. The Morgan fingerprint density at radius 3 is 2.88 bits per heavy atom. The van der Waals surface area contributed by atoms with Gasteiger partial charge in [0, 0.05) is 26.9 Å². The van der Waals surface area contributed by atoms with Crippen LogP contribution in [0.4, 0.5) is 5.69 Å². The number of pyridine rings is 1. The first-order valence-corrected chi connectivity index (χ1v) is 16.0. The van der Waals surface area contributed by atoms with Gasteiger partial charge >= 0.3 is 0 Å². The topological polar surface area (TPSA) is 74.0 Å². The molecule has 1 saturated heterocycles. The number of nitriles is 1. The van der Waals surface area contributed by atoms with Gasteiger partial charge in [-0.05, 0) is 49.7 Å². The maximum absolute atomic E-state index is 9.45. The lowest BCUT2D eigenvalue weighted by atomic mass is 9.95. The van der Waals surface area contributed by atoms with Gasteiger partial charge in [-0.3, -0.25) is 9.89 Å². The highest BCUT2D eigenvalue weighted by atomic mass is 28.3. The van der Waals surface area contributed by atoms with Crippen molar-refractivity contribution in [3.63, 3.8) is 0 Å². The Balaban J connectivity index is 1.51. The minimum atomic E-state index is -1.15. The maximum Gasteiger partial charge on any atom is 0.140 e. The number of anilines is 1. The normalized spacial score (nSPS) is 24.8. The fourth-order valence-electron chi connectivity index (χ4n) is 4.95. The van der Waals surface area contributed by atoms with Gasteiger partial charge in [-0.2, -0.15) is 5.26 Å². The summed E-state index contributed by atoms with van der Waals surface area (Å²) in [6.07, 6.45) is 9.23. The lowest BCUT2D eigenvalue weighted by molar-refractivity contribution is 0.0675. The molecule has 1 fully saturated rings. The molecule has 0 saturated carbocycles. The van der Waals surface area contributed by atoms with E-state index in [2.05, 4.69) is 47.4 Å². The van der Waals surface area contributed by atoms with Gasteiger partial charge in [0.15, 0.2) is 0 Å². The fourth-order valence-corrected chi connectivity index (χ4v) is 5.71. The van der Waals surface area contributed by atoms with Gasteiger partial charge in [0.25, 0.3) is 0 Å². The van der Waals surface area contributed by atoms with Crippen LogP contribution < -0.4 is 4.90 Å². The van der Waals surface area contributed by atoms with Gasteiger partial charge in [0.2, 0.25) is 0 Å². The molecule has 3 aliphatic rings. The molecule has 4 rings (SSSR count). The third-order valence-corrected chi connectivity index (χ3v) is 8.60. The lowest BCUT2D eigenvalue weighted by Gasteiger charge is -2.36. The maximum atomic E-state index is 9.45. The van der Waals surface area contributed by atoms with Gasteiger partial charge in [-0.25, -0.2) is 4.98 Å². The Morgan fingerprint density at radius 1 is 1.27 bits per heavy atom. The van der Waals surface area contributed by atoms with Gasteiger partial charge in [-0.1, -0.05) is 33.0 Å². The lowest BCUT2D eigenvalue weighted by Crippen LogP contribution is -2.42. The zero-order chi connectivity index (χ0) is 23.4. The van der Waals surface area contributed by atoms with E-state index in [-0.39, 0.29) is 12.1 Å². The first-order valence-electron chi connectivity index (χ1n) is 12.3. The number of likely N-dealkylation sites (N-methyl/N-ethyl adjacent to an activating group) is 1. The second kappa shape index (κ2) is 10.4. The van der Waals surface area contributed by atoms with E-state index in [4.69, 9.17) is 14.5 Å². The average molecular weight is 468 g/mol. The highest BCUT2D eigenvalue weighted by Crippen LogP contribution is 2.46. The molecular weight excluding hydrogens is 430 g/mol. The molecule has 1 aromatic rings. The predicted octanol–water partition coefficient (Wildman–Crippen LogP) is 4.35. The average Bonchev–Trinajstić information content (AvgIpc) is 3.13. The van der Waals surface area contributed by atoms with Crippen LogP contribution in [0.1, 0.15) is 43.4 Å². The van der Waals surface area contributed by atoms with Gasteiger partial charge in [0.05, 0.1) is 17.8 Å². The molecule has 0 spiro atoms. The largest absolute Gasteiger partial charge is 0.495 e. The zero-order valence-electron chi connectivity index (χ0n) is 20.5. The van der Waals surface area contributed by atoms with Crippen LogP contribution in [0.5, 0.6) is 0 Å². The Morgan fingerprint density at radius 2 is 2.12 bits per heavy atom. The summed E-state index contributed by atoms with van der Waals surface area (Å²) in [5.41, 5.74) is 2.46. The molecule has 178 valence electrons. The Bertz CT molecular complexity index is 936. The van der Waals surface area contributed by atoms with Crippen molar-refractivity contribution in [1.82, 2.24) is 9.88 Å². The van der Waals surface area contributed by atoms with Crippen molar-refractivity contribution < 1.29 is 9.47 Å². The van der Waals surface area contributed by atoms with Crippen molar-refractivity contribution in [2.24, 2.45) is 4.99 Å². The van der Waals surface area contributed by atoms with Gasteiger partial charge in [0.1, 0.15) is 37.0 Å². The van der Waals surface area contributed by atoms with Crippen molar-refractivity contribution in [3.8, 4) is 6.07 Å². The van der Waals surface area contributed by atoms with Gasteiger partial charge in [-0.15, -0.1) is 0 Å². The summed E-state index contributed by atoms with van der Waals surface area (Å²) in [5.74, 6) is 0.886. The van der Waals surface area contributed by atoms with Crippen LogP contribution in [0.25, 0.3) is 0 Å². The summed E-state index contributed by atoms with van der Waals surface area (Å²) in [4.78, 5) is 13.8. The van der Waals surface area contributed by atoms with E-state index in [1.807, 2.05) is 18.4 Å². The van der Waals surface area contributed by atoms with Crippen LogP contribution in [-0.4, -0.2) is 69.4 Å². The molecule has 0 radical (unpaired) electrons. The second-order valence-corrected chi connectivity index (χ2v) is 16.0. The van der Waals surface area contributed by atoms with E-state index in [0.29, 0.717) is 25.1 Å². The number of piperidine rings is 1. The number of allylic oxidation sites excluding steroid dienone is 1. The molecule has 3 aliphatic heterocycles. The number of ether oxygens (including phenoxy) is 2. The van der Waals surface area contributed by atoms with Crippen LogP contribution >= 0.6 is 0 Å². The molecule has 3 atom stereocenters. The fraction of sp³-hybridized carbons (Fsp3) is 0.640. The Labute approximate surface area is 199 Å². The highest BCUT2D eigenvalue weighted by Gasteiger charge is 2.43. The minimum absolute atomic E-state index is 0.0423. The number of aliphatic imine (C=N–C) groups is 1. The summed E-state index contributed by atoms with van der Waals surface area (Å²) in [5, 5.41) is 9.45. The molecule has 1 aromatic heterocycles. The highest BCUT2D eigenvalue weighted by molar-refractivity contribution is 6.76. The van der Waals surface area contributed by atoms with Crippen molar-refractivity contribution in [1.29, 1.82) is 5.26 Å². The number of aromatic nitrogens is 1. The Hall–Kier alpha value is -2.21. The summed E-state index contributed by atoms with van der Waals surface area (Å²) in [7, 11) is -1.15. The number of nitrogens with zero attached hydrogens (tertiary/aromatic N) is 5. The predicted molar refractivity (Wildman–Crippen MR) is 134 cm³/mol. The van der Waals surface area contributed by atoms with Crippen molar-refractivity contribution in [2.45, 2.75) is 70.0 Å². The number of hydrogen-bond acceptors (Lipinski definition) is 7. The summed E-state index contributed by atoms with van der Waals surface area (Å²) in [6.45, 7) is 13.4. The molecule has 0 N–H and O–H groups in total. The SMILES string of the molecule is CCN1CCCCC1COC1=CC=NC2C1c1cc(C#N)ncc1N2COCC[Si](C)(C)C. The van der Waals surface area contributed by atoms with E-state index < -0.39 is 8.07 Å².